The van der Waals surface area contributed by atoms with E-state index in [1.807, 2.05) is 59.8 Å². The normalized spacial score (nSPS) is 10.7. The summed E-state index contributed by atoms with van der Waals surface area (Å²) in [7, 11) is 0. The van der Waals surface area contributed by atoms with Crippen LogP contribution in [0.4, 0.5) is 4.39 Å². The van der Waals surface area contributed by atoms with Crippen LogP contribution in [0.2, 0.25) is 0 Å². The highest BCUT2D eigenvalue weighted by Gasteiger charge is 2.06. The van der Waals surface area contributed by atoms with Crippen molar-refractivity contribution in [1.29, 1.82) is 0 Å². The van der Waals surface area contributed by atoms with Crippen molar-refractivity contribution in [3.63, 3.8) is 0 Å². The molecule has 0 unspecified atom stereocenters. The van der Waals surface area contributed by atoms with Crippen LogP contribution in [0.25, 0.3) is 10.8 Å². The number of rotatable bonds is 0. The number of hydrogen-bond acceptors (Lipinski definition) is 0. The molecule has 0 spiro atoms. The lowest BCUT2D eigenvalue weighted by Gasteiger charge is -2.04. The Bertz CT molecular complexity index is 463. The molecule has 0 nitrogen and oxygen atoms in total. The van der Waals surface area contributed by atoms with Gasteiger partial charge in [-0.15, -0.1) is 0 Å². The SMILES string of the molecule is Cc1cc(I)c(F)c2ccccc12. The fourth-order valence-electron chi connectivity index (χ4n) is 1.48. The molecule has 0 bridgehead atoms. The Hall–Kier alpha value is -0.640. The van der Waals surface area contributed by atoms with Crippen molar-refractivity contribution >= 4 is 33.4 Å². The van der Waals surface area contributed by atoms with Crippen LogP contribution in [0.1, 0.15) is 5.56 Å². The van der Waals surface area contributed by atoms with Crippen LogP contribution in [0.3, 0.4) is 0 Å². The molecule has 0 amide bonds. The molecule has 0 aliphatic carbocycles. The zero-order valence-electron chi connectivity index (χ0n) is 7.14. The Balaban J connectivity index is 2.97. The quantitative estimate of drug-likeness (QED) is 0.644. The molecule has 2 aromatic rings. The van der Waals surface area contributed by atoms with Gasteiger partial charge in [0.1, 0.15) is 5.82 Å². The molecule has 0 saturated heterocycles. The summed E-state index contributed by atoms with van der Waals surface area (Å²) in [6.07, 6.45) is 0. The molecule has 66 valence electrons. The van der Waals surface area contributed by atoms with Crippen molar-refractivity contribution in [3.8, 4) is 0 Å². The van der Waals surface area contributed by atoms with Crippen molar-refractivity contribution in [3.05, 3.63) is 45.3 Å². The number of fused-ring (bicyclic) bond motifs is 1. The molecule has 0 aliphatic rings. The van der Waals surface area contributed by atoms with E-state index in [1.54, 1.807) is 0 Å². The molecule has 0 atom stereocenters. The van der Waals surface area contributed by atoms with E-state index in [0.29, 0.717) is 8.96 Å². The first-order valence-electron chi connectivity index (χ1n) is 4.03. The summed E-state index contributed by atoms with van der Waals surface area (Å²) >= 11 is 2.02. The van der Waals surface area contributed by atoms with Gasteiger partial charge in [-0.1, -0.05) is 24.3 Å². The molecule has 2 rings (SSSR count). The first kappa shape index (κ1) is 8.94. The highest BCUT2D eigenvalue weighted by atomic mass is 127. The average molecular weight is 286 g/mol. The fourth-order valence-corrected chi connectivity index (χ4v) is 2.24. The van der Waals surface area contributed by atoms with Crippen LogP contribution in [0.15, 0.2) is 30.3 Å². The standard InChI is InChI=1S/C11H8FI/c1-7-6-10(13)11(12)9-5-3-2-4-8(7)9/h2-6H,1H3. The van der Waals surface area contributed by atoms with E-state index in [0.717, 1.165) is 10.9 Å². The molecule has 2 heteroatoms. The van der Waals surface area contributed by atoms with Crippen LogP contribution in [0.5, 0.6) is 0 Å². The van der Waals surface area contributed by atoms with Crippen molar-refractivity contribution in [2.45, 2.75) is 6.92 Å². The zero-order valence-corrected chi connectivity index (χ0v) is 9.30. The predicted octanol–water partition coefficient (Wildman–Crippen LogP) is 3.89. The van der Waals surface area contributed by atoms with E-state index in [4.69, 9.17) is 0 Å². The van der Waals surface area contributed by atoms with Gasteiger partial charge in [0.15, 0.2) is 0 Å². The fraction of sp³-hybridized carbons (Fsp3) is 0.0909. The van der Waals surface area contributed by atoms with Gasteiger partial charge in [0.05, 0.1) is 0 Å². The van der Waals surface area contributed by atoms with Gasteiger partial charge < -0.3 is 0 Å². The second kappa shape index (κ2) is 3.25. The van der Waals surface area contributed by atoms with E-state index in [2.05, 4.69) is 0 Å². The molecule has 0 saturated carbocycles. The number of benzene rings is 2. The third kappa shape index (κ3) is 1.43. The molecular formula is C11H8FI. The molecule has 0 heterocycles. The predicted molar refractivity (Wildman–Crippen MR) is 61.4 cm³/mol. The van der Waals surface area contributed by atoms with Crippen molar-refractivity contribution in [2.24, 2.45) is 0 Å². The van der Waals surface area contributed by atoms with Gasteiger partial charge in [-0.2, -0.15) is 0 Å². The third-order valence-electron chi connectivity index (χ3n) is 2.14. The molecule has 0 N–H and O–H groups in total. The lowest BCUT2D eigenvalue weighted by Crippen LogP contribution is -1.87. The molecule has 0 aliphatic heterocycles. The highest BCUT2D eigenvalue weighted by Crippen LogP contribution is 2.25. The van der Waals surface area contributed by atoms with Gasteiger partial charge in [0, 0.05) is 8.96 Å². The Morgan fingerprint density at radius 3 is 2.46 bits per heavy atom. The topological polar surface area (TPSA) is 0 Å². The molecule has 2 aromatic carbocycles. The lowest BCUT2D eigenvalue weighted by molar-refractivity contribution is 0.632. The minimum Gasteiger partial charge on any atom is -0.205 e. The summed E-state index contributed by atoms with van der Waals surface area (Å²) in [5, 5.41) is 1.72. The van der Waals surface area contributed by atoms with Crippen LogP contribution < -0.4 is 0 Å². The lowest BCUT2D eigenvalue weighted by atomic mass is 10.1. The summed E-state index contributed by atoms with van der Waals surface area (Å²) in [5.74, 6) is -0.109. The first-order chi connectivity index (χ1) is 6.20. The highest BCUT2D eigenvalue weighted by molar-refractivity contribution is 14.1. The van der Waals surface area contributed by atoms with Gasteiger partial charge in [-0.3, -0.25) is 0 Å². The van der Waals surface area contributed by atoms with E-state index < -0.39 is 0 Å². The minimum absolute atomic E-state index is 0.109. The average Bonchev–Trinajstić information content (AvgIpc) is 2.15. The Morgan fingerprint density at radius 2 is 1.77 bits per heavy atom. The number of hydrogen-bond donors (Lipinski definition) is 0. The molecule has 0 aromatic heterocycles. The molecule has 13 heavy (non-hydrogen) atoms. The maximum atomic E-state index is 13.6. The third-order valence-corrected chi connectivity index (χ3v) is 2.93. The Labute approximate surface area is 89.9 Å². The van der Waals surface area contributed by atoms with Crippen molar-refractivity contribution in [1.82, 2.24) is 0 Å². The minimum atomic E-state index is -0.109. The van der Waals surface area contributed by atoms with E-state index in [-0.39, 0.29) is 5.82 Å². The van der Waals surface area contributed by atoms with E-state index in [1.165, 1.54) is 0 Å². The van der Waals surface area contributed by atoms with Gasteiger partial charge in [0.25, 0.3) is 0 Å². The molecule has 0 fully saturated rings. The number of halogens is 2. The first-order valence-corrected chi connectivity index (χ1v) is 5.11. The summed E-state index contributed by atoms with van der Waals surface area (Å²) in [6, 6.07) is 9.43. The monoisotopic (exact) mass is 286 g/mol. The van der Waals surface area contributed by atoms with Crippen LogP contribution in [0, 0.1) is 16.3 Å². The molecule has 0 radical (unpaired) electrons. The Morgan fingerprint density at radius 1 is 1.15 bits per heavy atom. The Kier molecular flexibility index (Phi) is 2.24. The van der Waals surface area contributed by atoms with Crippen LogP contribution >= 0.6 is 22.6 Å². The van der Waals surface area contributed by atoms with Gasteiger partial charge >= 0.3 is 0 Å². The summed E-state index contributed by atoms with van der Waals surface area (Å²) in [5.41, 5.74) is 1.13. The maximum absolute atomic E-state index is 13.6. The number of aryl methyl sites for hydroxylation is 1. The second-order valence-corrected chi connectivity index (χ2v) is 4.20. The van der Waals surface area contributed by atoms with Crippen molar-refractivity contribution < 1.29 is 4.39 Å². The van der Waals surface area contributed by atoms with Crippen LogP contribution in [-0.2, 0) is 0 Å². The summed E-state index contributed by atoms with van der Waals surface area (Å²) in [6.45, 7) is 2.00. The molecular weight excluding hydrogens is 278 g/mol. The summed E-state index contributed by atoms with van der Waals surface area (Å²) < 4.78 is 14.3. The maximum Gasteiger partial charge on any atom is 0.144 e. The van der Waals surface area contributed by atoms with E-state index >= 15 is 0 Å². The van der Waals surface area contributed by atoms with Gasteiger partial charge in [-0.05, 0) is 46.5 Å². The van der Waals surface area contributed by atoms with Gasteiger partial charge in [0.2, 0.25) is 0 Å². The van der Waals surface area contributed by atoms with Crippen molar-refractivity contribution in [2.75, 3.05) is 0 Å². The summed E-state index contributed by atoms with van der Waals surface area (Å²) in [4.78, 5) is 0. The largest absolute Gasteiger partial charge is 0.205 e. The van der Waals surface area contributed by atoms with Gasteiger partial charge in [-0.25, -0.2) is 4.39 Å². The second-order valence-electron chi connectivity index (χ2n) is 3.03. The smallest absolute Gasteiger partial charge is 0.144 e. The van der Waals surface area contributed by atoms with Crippen LogP contribution in [-0.4, -0.2) is 0 Å². The zero-order chi connectivity index (χ0) is 9.42. The van der Waals surface area contributed by atoms with E-state index in [9.17, 15) is 4.39 Å².